The summed E-state index contributed by atoms with van der Waals surface area (Å²) in [6.07, 6.45) is 2.26. The fourth-order valence-corrected chi connectivity index (χ4v) is 2.08. The zero-order valence-electron chi connectivity index (χ0n) is 11.8. The number of hydrogen-bond acceptors (Lipinski definition) is 3. The molecule has 17 heavy (non-hydrogen) atoms. The number of amides is 1. The number of likely N-dealkylation sites (tertiary alicyclic amines) is 1. The molecule has 0 radical (unpaired) electrons. The molecule has 0 bridgehead atoms. The zero-order valence-corrected chi connectivity index (χ0v) is 11.8. The summed E-state index contributed by atoms with van der Waals surface area (Å²) in [5.74, 6) is 0.0939. The second-order valence-corrected chi connectivity index (χ2v) is 6.21. The fourth-order valence-electron chi connectivity index (χ4n) is 2.08. The van der Waals surface area contributed by atoms with Gasteiger partial charge in [0.2, 0.25) is 5.91 Å². The van der Waals surface area contributed by atoms with E-state index in [2.05, 4.69) is 22.6 Å². The van der Waals surface area contributed by atoms with E-state index in [0.29, 0.717) is 6.04 Å². The third-order valence-electron chi connectivity index (χ3n) is 3.10. The fraction of sp³-hybridized carbons (Fsp3) is 0.923. The van der Waals surface area contributed by atoms with Crippen molar-refractivity contribution in [2.24, 2.45) is 0 Å². The normalized spacial score (nSPS) is 21.2. The van der Waals surface area contributed by atoms with Gasteiger partial charge in [0.25, 0.3) is 0 Å². The van der Waals surface area contributed by atoms with Crippen molar-refractivity contribution in [3.8, 4) is 0 Å². The molecule has 1 heterocycles. The Hall–Kier alpha value is -0.610. The van der Waals surface area contributed by atoms with Gasteiger partial charge in [0.05, 0.1) is 6.04 Å². The molecule has 0 aromatic rings. The van der Waals surface area contributed by atoms with Gasteiger partial charge in [0.1, 0.15) is 0 Å². The van der Waals surface area contributed by atoms with E-state index < -0.39 is 0 Å². The van der Waals surface area contributed by atoms with Gasteiger partial charge in [-0.2, -0.15) is 0 Å². The minimum Gasteiger partial charge on any atom is -0.350 e. The van der Waals surface area contributed by atoms with Crippen LogP contribution >= 0.6 is 0 Å². The Morgan fingerprint density at radius 3 is 2.29 bits per heavy atom. The lowest BCUT2D eigenvalue weighted by molar-refractivity contribution is -0.124. The van der Waals surface area contributed by atoms with Crippen LogP contribution in [0.3, 0.4) is 0 Å². The first kappa shape index (κ1) is 14.5. The average Bonchev–Trinajstić information content (AvgIpc) is 2.19. The summed E-state index contributed by atoms with van der Waals surface area (Å²) in [7, 11) is 2.14. The standard InChI is InChI=1S/C13H27N3O/c1-10(12(17)15-13(2,3)4)14-11-6-8-16(5)9-7-11/h10-11,14H,6-9H2,1-5H3,(H,15,17). The molecule has 1 rings (SSSR count). The second-order valence-electron chi connectivity index (χ2n) is 6.21. The van der Waals surface area contributed by atoms with Gasteiger partial charge in [-0.1, -0.05) is 0 Å². The Kier molecular flexibility index (Phi) is 4.95. The van der Waals surface area contributed by atoms with Gasteiger partial charge >= 0.3 is 0 Å². The molecule has 1 saturated heterocycles. The first-order valence-electron chi connectivity index (χ1n) is 6.54. The molecule has 0 aliphatic carbocycles. The predicted octanol–water partition coefficient (Wildman–Crippen LogP) is 0.973. The molecule has 1 unspecified atom stereocenters. The van der Waals surface area contributed by atoms with Crippen LogP contribution in [-0.4, -0.2) is 48.6 Å². The summed E-state index contributed by atoms with van der Waals surface area (Å²) in [5, 5.41) is 6.43. The van der Waals surface area contributed by atoms with E-state index in [-0.39, 0.29) is 17.5 Å². The number of nitrogens with one attached hydrogen (secondary N) is 2. The smallest absolute Gasteiger partial charge is 0.237 e. The van der Waals surface area contributed by atoms with E-state index in [1.165, 1.54) is 0 Å². The lowest BCUT2D eigenvalue weighted by Crippen LogP contribution is -2.53. The zero-order chi connectivity index (χ0) is 13.1. The molecule has 4 nitrogen and oxygen atoms in total. The maximum atomic E-state index is 11.9. The lowest BCUT2D eigenvalue weighted by Gasteiger charge is -2.32. The van der Waals surface area contributed by atoms with E-state index >= 15 is 0 Å². The molecule has 2 N–H and O–H groups in total. The van der Waals surface area contributed by atoms with Crippen molar-refractivity contribution in [1.82, 2.24) is 15.5 Å². The molecule has 100 valence electrons. The summed E-state index contributed by atoms with van der Waals surface area (Å²) in [4.78, 5) is 14.2. The second kappa shape index (κ2) is 5.83. The van der Waals surface area contributed by atoms with Crippen LogP contribution < -0.4 is 10.6 Å². The molecule has 0 saturated carbocycles. The van der Waals surface area contributed by atoms with Crippen LogP contribution in [0.4, 0.5) is 0 Å². The van der Waals surface area contributed by atoms with Crippen molar-refractivity contribution in [2.75, 3.05) is 20.1 Å². The van der Waals surface area contributed by atoms with Crippen molar-refractivity contribution < 1.29 is 4.79 Å². The molecule has 0 aromatic carbocycles. The highest BCUT2D eigenvalue weighted by molar-refractivity contribution is 5.81. The van der Waals surface area contributed by atoms with Crippen LogP contribution in [0, 0.1) is 0 Å². The Labute approximate surface area is 105 Å². The Bertz CT molecular complexity index is 252. The van der Waals surface area contributed by atoms with Crippen molar-refractivity contribution in [3.05, 3.63) is 0 Å². The summed E-state index contributed by atoms with van der Waals surface area (Å²) in [6.45, 7) is 10.2. The van der Waals surface area contributed by atoms with Crippen molar-refractivity contribution in [2.45, 2.75) is 58.2 Å². The molecule has 1 fully saturated rings. The molecular formula is C13H27N3O. The predicted molar refractivity (Wildman–Crippen MR) is 71.0 cm³/mol. The van der Waals surface area contributed by atoms with Crippen LogP contribution in [0.1, 0.15) is 40.5 Å². The number of carbonyl (C=O) groups is 1. The van der Waals surface area contributed by atoms with E-state index in [0.717, 1.165) is 25.9 Å². The molecule has 0 aromatic heterocycles. The van der Waals surface area contributed by atoms with Gasteiger partial charge < -0.3 is 15.5 Å². The van der Waals surface area contributed by atoms with Crippen molar-refractivity contribution in [1.29, 1.82) is 0 Å². The monoisotopic (exact) mass is 241 g/mol. The molecule has 1 aliphatic rings. The minimum atomic E-state index is -0.153. The lowest BCUT2D eigenvalue weighted by atomic mass is 10.0. The molecule has 0 spiro atoms. The quantitative estimate of drug-likeness (QED) is 0.774. The summed E-state index contributed by atoms with van der Waals surface area (Å²) < 4.78 is 0. The minimum absolute atomic E-state index is 0.0939. The highest BCUT2D eigenvalue weighted by atomic mass is 16.2. The number of nitrogens with zero attached hydrogens (tertiary/aromatic N) is 1. The van der Waals surface area contributed by atoms with Crippen LogP contribution in [0.2, 0.25) is 0 Å². The van der Waals surface area contributed by atoms with E-state index in [9.17, 15) is 4.79 Å². The van der Waals surface area contributed by atoms with Crippen LogP contribution in [0.5, 0.6) is 0 Å². The number of piperidine rings is 1. The first-order valence-corrected chi connectivity index (χ1v) is 6.54. The molecule has 1 aliphatic heterocycles. The van der Waals surface area contributed by atoms with Crippen molar-refractivity contribution in [3.63, 3.8) is 0 Å². The van der Waals surface area contributed by atoms with Gasteiger partial charge in [0.15, 0.2) is 0 Å². The van der Waals surface area contributed by atoms with Gasteiger partial charge in [0, 0.05) is 11.6 Å². The number of carbonyl (C=O) groups excluding carboxylic acids is 1. The Morgan fingerprint density at radius 2 is 1.82 bits per heavy atom. The van der Waals surface area contributed by atoms with Gasteiger partial charge in [-0.05, 0) is 60.7 Å². The van der Waals surface area contributed by atoms with Crippen LogP contribution in [0.15, 0.2) is 0 Å². The van der Waals surface area contributed by atoms with Gasteiger partial charge in [-0.15, -0.1) is 0 Å². The van der Waals surface area contributed by atoms with Crippen molar-refractivity contribution >= 4 is 5.91 Å². The molecule has 1 amide bonds. The summed E-state index contributed by atoms with van der Waals surface area (Å²) in [6, 6.07) is 0.370. The largest absolute Gasteiger partial charge is 0.350 e. The van der Waals surface area contributed by atoms with Gasteiger partial charge in [-0.3, -0.25) is 4.79 Å². The third-order valence-corrected chi connectivity index (χ3v) is 3.10. The highest BCUT2D eigenvalue weighted by Gasteiger charge is 2.23. The molecule has 1 atom stereocenters. The molecule has 4 heteroatoms. The highest BCUT2D eigenvalue weighted by Crippen LogP contribution is 2.09. The topological polar surface area (TPSA) is 44.4 Å². The maximum Gasteiger partial charge on any atom is 0.237 e. The Balaban J connectivity index is 2.33. The third kappa shape index (κ3) is 5.50. The first-order chi connectivity index (χ1) is 7.78. The van der Waals surface area contributed by atoms with Crippen LogP contribution in [-0.2, 0) is 4.79 Å². The SMILES string of the molecule is CC(NC1CCN(C)CC1)C(=O)NC(C)(C)C. The van der Waals surface area contributed by atoms with E-state index in [4.69, 9.17) is 0 Å². The van der Waals surface area contributed by atoms with Gasteiger partial charge in [-0.25, -0.2) is 0 Å². The number of rotatable bonds is 3. The maximum absolute atomic E-state index is 11.9. The summed E-state index contributed by atoms with van der Waals surface area (Å²) in [5.41, 5.74) is -0.153. The number of hydrogen-bond donors (Lipinski definition) is 2. The van der Waals surface area contributed by atoms with Crippen LogP contribution in [0.25, 0.3) is 0 Å². The Morgan fingerprint density at radius 1 is 1.29 bits per heavy atom. The van der Waals surface area contributed by atoms with E-state index in [1.54, 1.807) is 0 Å². The average molecular weight is 241 g/mol. The molecular weight excluding hydrogens is 214 g/mol. The van der Waals surface area contributed by atoms with E-state index in [1.807, 2.05) is 27.7 Å². The summed E-state index contributed by atoms with van der Waals surface area (Å²) >= 11 is 0.